The highest BCUT2D eigenvalue weighted by atomic mass is 16.5. The highest BCUT2D eigenvalue weighted by Gasteiger charge is 2.45. The van der Waals surface area contributed by atoms with Crippen molar-refractivity contribution in [3.63, 3.8) is 0 Å². The minimum absolute atomic E-state index is 0.0129. The Labute approximate surface area is 114 Å². The molecular weight excluding hydrogens is 244 g/mol. The van der Waals surface area contributed by atoms with Crippen LogP contribution < -0.4 is 5.32 Å². The molecule has 0 bridgehead atoms. The molecule has 0 aromatic carbocycles. The van der Waals surface area contributed by atoms with Gasteiger partial charge < -0.3 is 10.1 Å². The molecule has 2 fully saturated rings. The van der Waals surface area contributed by atoms with Crippen LogP contribution in [-0.2, 0) is 14.3 Å². The van der Waals surface area contributed by atoms with Crippen LogP contribution in [0.2, 0.25) is 0 Å². The van der Waals surface area contributed by atoms with Crippen molar-refractivity contribution in [1.82, 2.24) is 10.2 Å². The van der Waals surface area contributed by atoms with E-state index in [2.05, 4.69) is 19.2 Å². The van der Waals surface area contributed by atoms with Gasteiger partial charge in [0.05, 0.1) is 12.5 Å². The van der Waals surface area contributed by atoms with Crippen LogP contribution in [0.1, 0.15) is 39.5 Å². The van der Waals surface area contributed by atoms with Gasteiger partial charge >= 0.3 is 0 Å². The number of carbonyl (C=O) groups excluding carboxylic acids is 2. The normalized spacial score (nSPS) is 23.7. The molecule has 108 valence electrons. The number of hydrogen-bond acceptors (Lipinski definition) is 4. The molecule has 2 aliphatic rings. The highest BCUT2D eigenvalue weighted by molar-refractivity contribution is 6.06. The van der Waals surface area contributed by atoms with E-state index >= 15 is 0 Å². The maximum absolute atomic E-state index is 12.0. The first-order valence-corrected chi connectivity index (χ1v) is 7.26. The smallest absolute Gasteiger partial charge is 0.247 e. The van der Waals surface area contributed by atoms with Crippen molar-refractivity contribution in [2.45, 2.75) is 51.6 Å². The fourth-order valence-corrected chi connectivity index (χ4v) is 2.30. The summed E-state index contributed by atoms with van der Waals surface area (Å²) in [6, 6.07) is -0.112. The summed E-state index contributed by atoms with van der Waals surface area (Å²) in [6.45, 7) is 6.43. The molecule has 1 unspecified atom stereocenters. The van der Waals surface area contributed by atoms with Gasteiger partial charge in [-0.2, -0.15) is 0 Å². The number of imide groups is 1. The predicted molar refractivity (Wildman–Crippen MR) is 71.6 cm³/mol. The highest BCUT2D eigenvalue weighted by Crippen LogP contribution is 2.31. The van der Waals surface area contributed by atoms with Crippen LogP contribution >= 0.6 is 0 Å². The summed E-state index contributed by atoms with van der Waals surface area (Å²) in [5, 5.41) is 3.17. The van der Waals surface area contributed by atoms with E-state index in [-0.39, 0.29) is 23.9 Å². The van der Waals surface area contributed by atoms with Crippen molar-refractivity contribution in [3.8, 4) is 0 Å². The second kappa shape index (κ2) is 6.48. The van der Waals surface area contributed by atoms with Gasteiger partial charge in [-0.05, 0) is 31.7 Å². The van der Waals surface area contributed by atoms with Gasteiger partial charge in [0.1, 0.15) is 0 Å². The standard InChI is InChI=1S/C14H24N2O3/c1-10(2)9-19-7-3-6-15-12-8-13(17)16(14(12)18)11-4-5-11/h10-12,15H,3-9H2,1-2H3. The lowest BCUT2D eigenvalue weighted by Crippen LogP contribution is -2.40. The van der Waals surface area contributed by atoms with E-state index in [0.29, 0.717) is 18.9 Å². The Bertz CT molecular complexity index is 340. The molecule has 1 aliphatic heterocycles. The summed E-state index contributed by atoms with van der Waals surface area (Å²) in [5.74, 6) is 0.505. The molecule has 1 saturated heterocycles. The zero-order valence-electron chi connectivity index (χ0n) is 11.9. The molecule has 5 heteroatoms. The van der Waals surface area contributed by atoms with Gasteiger partial charge in [-0.1, -0.05) is 13.8 Å². The van der Waals surface area contributed by atoms with Crippen molar-refractivity contribution in [1.29, 1.82) is 0 Å². The minimum atomic E-state index is -0.307. The third-order valence-electron chi connectivity index (χ3n) is 3.40. The van der Waals surface area contributed by atoms with E-state index in [4.69, 9.17) is 4.74 Å². The van der Waals surface area contributed by atoms with E-state index in [1.54, 1.807) is 0 Å². The predicted octanol–water partition coefficient (Wildman–Crippen LogP) is 0.929. The largest absolute Gasteiger partial charge is 0.381 e. The topological polar surface area (TPSA) is 58.6 Å². The Morgan fingerprint density at radius 3 is 2.74 bits per heavy atom. The van der Waals surface area contributed by atoms with Crippen molar-refractivity contribution >= 4 is 11.8 Å². The molecule has 1 saturated carbocycles. The third kappa shape index (κ3) is 4.01. The Morgan fingerprint density at radius 1 is 1.37 bits per heavy atom. The number of likely N-dealkylation sites (tertiary alicyclic amines) is 1. The van der Waals surface area contributed by atoms with Crippen molar-refractivity contribution in [2.24, 2.45) is 5.92 Å². The number of hydrogen-bond donors (Lipinski definition) is 1. The average Bonchev–Trinajstić information content (AvgIpc) is 3.12. The Balaban J connectivity index is 1.61. The molecule has 19 heavy (non-hydrogen) atoms. The van der Waals surface area contributed by atoms with Gasteiger partial charge in [-0.15, -0.1) is 0 Å². The molecule has 1 aliphatic carbocycles. The summed E-state index contributed by atoms with van der Waals surface area (Å²) in [5.41, 5.74) is 0. The average molecular weight is 268 g/mol. The van der Waals surface area contributed by atoms with E-state index in [1.807, 2.05) is 0 Å². The van der Waals surface area contributed by atoms with E-state index in [1.165, 1.54) is 4.90 Å². The van der Waals surface area contributed by atoms with Crippen LogP contribution in [0.3, 0.4) is 0 Å². The minimum Gasteiger partial charge on any atom is -0.381 e. The molecule has 0 radical (unpaired) electrons. The summed E-state index contributed by atoms with van der Waals surface area (Å²) < 4.78 is 5.47. The van der Waals surface area contributed by atoms with E-state index in [0.717, 1.165) is 32.4 Å². The van der Waals surface area contributed by atoms with Crippen LogP contribution in [0.5, 0.6) is 0 Å². The number of carbonyl (C=O) groups is 2. The van der Waals surface area contributed by atoms with Crippen molar-refractivity contribution in [2.75, 3.05) is 19.8 Å². The zero-order valence-corrected chi connectivity index (χ0v) is 11.9. The molecule has 5 nitrogen and oxygen atoms in total. The monoisotopic (exact) mass is 268 g/mol. The van der Waals surface area contributed by atoms with Crippen LogP contribution in [0.4, 0.5) is 0 Å². The number of nitrogens with one attached hydrogen (secondary N) is 1. The maximum atomic E-state index is 12.0. The van der Waals surface area contributed by atoms with Crippen LogP contribution in [0.25, 0.3) is 0 Å². The number of amides is 2. The fraction of sp³-hybridized carbons (Fsp3) is 0.857. The molecule has 1 heterocycles. The Hall–Kier alpha value is -0.940. The Kier molecular flexibility index (Phi) is 4.93. The van der Waals surface area contributed by atoms with Gasteiger partial charge in [0.15, 0.2) is 0 Å². The van der Waals surface area contributed by atoms with Crippen LogP contribution in [0, 0.1) is 5.92 Å². The van der Waals surface area contributed by atoms with Gasteiger partial charge in [0, 0.05) is 19.3 Å². The maximum Gasteiger partial charge on any atom is 0.247 e. The number of nitrogens with zero attached hydrogens (tertiary/aromatic N) is 1. The van der Waals surface area contributed by atoms with E-state index in [9.17, 15) is 9.59 Å². The lowest BCUT2D eigenvalue weighted by atomic mass is 10.2. The molecule has 2 amide bonds. The fourth-order valence-electron chi connectivity index (χ4n) is 2.30. The first-order valence-electron chi connectivity index (χ1n) is 7.26. The first kappa shape index (κ1) is 14.5. The molecule has 0 spiro atoms. The third-order valence-corrected chi connectivity index (χ3v) is 3.40. The quantitative estimate of drug-likeness (QED) is 0.525. The summed E-state index contributed by atoms with van der Waals surface area (Å²) in [6.07, 6.45) is 3.15. The molecule has 0 aromatic heterocycles. The van der Waals surface area contributed by atoms with Crippen molar-refractivity contribution < 1.29 is 14.3 Å². The second-order valence-electron chi connectivity index (χ2n) is 5.87. The van der Waals surface area contributed by atoms with Crippen molar-refractivity contribution in [3.05, 3.63) is 0 Å². The summed E-state index contributed by atoms with van der Waals surface area (Å²) >= 11 is 0. The van der Waals surface area contributed by atoms with E-state index < -0.39 is 0 Å². The lowest BCUT2D eigenvalue weighted by Gasteiger charge is -2.14. The lowest BCUT2D eigenvalue weighted by molar-refractivity contribution is -0.139. The number of ether oxygens (including phenoxy) is 1. The summed E-state index contributed by atoms with van der Waals surface area (Å²) in [7, 11) is 0. The Morgan fingerprint density at radius 2 is 2.11 bits per heavy atom. The molecule has 0 aromatic rings. The second-order valence-corrected chi connectivity index (χ2v) is 5.87. The molecule has 1 atom stereocenters. The van der Waals surface area contributed by atoms with Gasteiger partial charge in [0.2, 0.25) is 11.8 Å². The van der Waals surface area contributed by atoms with Gasteiger partial charge in [-0.3, -0.25) is 14.5 Å². The zero-order chi connectivity index (χ0) is 13.8. The molecular formula is C14H24N2O3. The van der Waals surface area contributed by atoms with Crippen LogP contribution in [0.15, 0.2) is 0 Å². The summed E-state index contributed by atoms with van der Waals surface area (Å²) in [4.78, 5) is 25.2. The SMILES string of the molecule is CC(C)COCCCNC1CC(=O)N(C2CC2)C1=O. The first-order chi connectivity index (χ1) is 9.09. The van der Waals surface area contributed by atoms with Gasteiger partial charge in [-0.25, -0.2) is 0 Å². The molecule has 2 rings (SSSR count). The molecule has 1 N–H and O–H groups in total. The van der Waals surface area contributed by atoms with Crippen LogP contribution in [-0.4, -0.2) is 48.6 Å². The number of rotatable bonds is 8. The van der Waals surface area contributed by atoms with Gasteiger partial charge in [0.25, 0.3) is 0 Å².